The molecule has 2 rings (SSSR count). The summed E-state index contributed by atoms with van der Waals surface area (Å²) in [6, 6.07) is 11.6. The third kappa shape index (κ3) is 11.8. The van der Waals surface area contributed by atoms with E-state index in [9.17, 15) is 9.59 Å². The normalized spacial score (nSPS) is 10.1. The molecule has 8 heteroatoms. The minimum absolute atomic E-state index is 0. The van der Waals surface area contributed by atoms with Crippen molar-refractivity contribution in [2.75, 3.05) is 0 Å². The Kier molecular flexibility index (Phi) is 18.7. The molecule has 34 heavy (non-hydrogen) atoms. The van der Waals surface area contributed by atoms with Crippen LogP contribution < -0.4 is 0 Å². The number of amides is 2. The van der Waals surface area contributed by atoms with Crippen molar-refractivity contribution in [2.45, 2.75) is 66.2 Å². The Hall–Kier alpha value is -0.793. The molecule has 192 valence electrons. The van der Waals surface area contributed by atoms with E-state index in [4.69, 9.17) is 0 Å². The van der Waals surface area contributed by atoms with Crippen molar-refractivity contribution in [3.63, 3.8) is 0 Å². The molecule has 0 atom stereocenters. The number of aryl methyl sites for hydroxylation is 2. The number of hydrogen-bond acceptors (Lipinski definition) is 2. The van der Waals surface area contributed by atoms with Gasteiger partial charge in [0.25, 0.3) is 0 Å². The first-order valence-electron chi connectivity index (χ1n) is 9.80. The van der Waals surface area contributed by atoms with Gasteiger partial charge >= 0.3 is 54.0 Å². The number of carbonyl (C=O) groups is 2. The molecule has 0 fully saturated rings. The van der Waals surface area contributed by atoms with E-state index >= 15 is 0 Å². The zero-order chi connectivity index (χ0) is 25.3. The minimum atomic E-state index is -0.852. The summed E-state index contributed by atoms with van der Waals surface area (Å²) in [7, 11) is 9.14. The van der Waals surface area contributed by atoms with E-state index in [-0.39, 0.29) is 25.7 Å². The van der Waals surface area contributed by atoms with E-state index in [2.05, 4.69) is 71.6 Å². The van der Waals surface area contributed by atoms with Crippen molar-refractivity contribution in [3.05, 3.63) is 84.1 Å². The predicted molar refractivity (Wildman–Crippen MR) is 140 cm³/mol. The topological polar surface area (TPSA) is 62.3 Å². The molecule has 0 aliphatic heterocycles. The number of carbonyl (C=O) groups excluding carboxylic acids is 2. The Balaban J connectivity index is -0.00000152. The maximum atomic E-state index is 12.4. The zero-order valence-electron chi connectivity index (χ0n) is 21.6. The van der Waals surface area contributed by atoms with Gasteiger partial charge in [-0.3, -0.25) is 0 Å². The van der Waals surface area contributed by atoms with Gasteiger partial charge in [0.2, 0.25) is 0 Å². The van der Waals surface area contributed by atoms with Crippen LogP contribution in [0.1, 0.15) is 63.8 Å². The van der Waals surface area contributed by atoms with Gasteiger partial charge < -0.3 is 35.1 Å². The fourth-order valence-corrected chi connectivity index (χ4v) is 2.71. The Bertz CT molecular complexity index is 846. The Morgan fingerprint density at radius 1 is 0.647 bits per heavy atom. The number of benzene rings is 2. The molecule has 0 saturated heterocycles. The van der Waals surface area contributed by atoms with Crippen LogP contribution in [0, 0.1) is 28.7 Å². The summed E-state index contributed by atoms with van der Waals surface area (Å²) in [5, 5.41) is 8.09. The van der Waals surface area contributed by atoms with E-state index in [0.717, 1.165) is 22.3 Å². The third-order valence-corrected chi connectivity index (χ3v) is 4.78. The van der Waals surface area contributed by atoms with Crippen LogP contribution in [-0.2, 0) is 55.0 Å². The monoisotopic (exact) mass is 682 g/mol. The van der Waals surface area contributed by atoms with Crippen LogP contribution >= 0.6 is 19.4 Å². The molecule has 0 aromatic heterocycles. The summed E-state index contributed by atoms with van der Waals surface area (Å²) < 4.78 is 0. The molecular weight excluding hydrogens is 645 g/mol. The fourth-order valence-electron chi connectivity index (χ4n) is 2.71. The van der Waals surface area contributed by atoms with Crippen molar-refractivity contribution >= 4 is 42.6 Å². The SMILES string of the molecule is Cc1ccc(C(C)(C)C)cc1[N-]C(=O)C(=O)[N-]c1cc(C(C)(C)C)ccc1C.[CH3-].[CH3-].[Cl][Ru+2].[Cl][Ru+2]. The average molecular weight is 682 g/mol. The molecule has 0 aliphatic rings. The number of rotatable bonds is 2. The molecule has 0 saturated carbocycles. The predicted octanol–water partition coefficient (Wildman–Crippen LogP) is 8.94. The summed E-state index contributed by atoms with van der Waals surface area (Å²) in [6.07, 6.45) is 0. The zero-order valence-corrected chi connectivity index (χ0v) is 26.6. The Morgan fingerprint density at radius 2 is 0.912 bits per heavy atom. The second kappa shape index (κ2) is 16.8. The Morgan fingerprint density at radius 3 is 1.15 bits per heavy atom. The van der Waals surface area contributed by atoms with Crippen molar-refractivity contribution in [1.29, 1.82) is 0 Å². The first-order chi connectivity index (χ1) is 14.8. The molecule has 4 nitrogen and oxygen atoms in total. The van der Waals surface area contributed by atoms with Gasteiger partial charge in [-0.15, -0.1) is 11.4 Å². The number of halogens is 2. The van der Waals surface area contributed by atoms with Gasteiger partial charge in [-0.1, -0.05) is 89.1 Å². The number of nitrogens with zero attached hydrogens (tertiary/aromatic N) is 2. The van der Waals surface area contributed by atoms with Crippen molar-refractivity contribution < 1.29 is 44.2 Å². The van der Waals surface area contributed by atoms with Crippen LogP contribution in [0.3, 0.4) is 0 Å². The van der Waals surface area contributed by atoms with Crippen LogP contribution in [0.25, 0.3) is 10.6 Å². The third-order valence-electron chi connectivity index (χ3n) is 4.78. The first-order valence-corrected chi connectivity index (χ1v) is 14.3. The van der Waals surface area contributed by atoms with Gasteiger partial charge in [0.05, 0.1) is 0 Å². The van der Waals surface area contributed by atoms with Gasteiger partial charge in [-0.05, 0) is 35.8 Å². The van der Waals surface area contributed by atoms with Crippen molar-refractivity contribution in [1.82, 2.24) is 0 Å². The summed E-state index contributed by atoms with van der Waals surface area (Å²) >= 11 is 3.64. The quantitative estimate of drug-likeness (QED) is 0.181. The van der Waals surface area contributed by atoms with Gasteiger partial charge in [-0.25, -0.2) is 0 Å². The van der Waals surface area contributed by atoms with E-state index in [0.29, 0.717) is 11.4 Å². The molecule has 0 N–H and O–H groups in total. The van der Waals surface area contributed by atoms with Gasteiger partial charge in [-0.2, -0.15) is 0 Å². The van der Waals surface area contributed by atoms with Gasteiger partial charge in [0, 0.05) is 0 Å². The maximum absolute atomic E-state index is 12.4. The molecule has 2 aromatic rings. The summed E-state index contributed by atoms with van der Waals surface area (Å²) in [4.78, 5) is 24.8. The van der Waals surface area contributed by atoms with Gasteiger partial charge in [0.1, 0.15) is 11.8 Å². The van der Waals surface area contributed by atoms with Gasteiger partial charge in [0.15, 0.2) is 0 Å². The molecule has 0 spiro atoms. The van der Waals surface area contributed by atoms with Crippen LogP contribution in [0.15, 0.2) is 36.4 Å². The molecule has 0 unspecified atom stereocenters. The summed E-state index contributed by atoms with van der Waals surface area (Å²) in [5.74, 6) is -1.70. The van der Waals surface area contributed by atoms with Crippen molar-refractivity contribution in [2.24, 2.45) is 0 Å². The van der Waals surface area contributed by atoms with E-state index in [1.807, 2.05) is 84.9 Å². The molecular formula is C26H36Cl2N2O2Ru2. The second-order valence-corrected chi connectivity index (χ2v) is 9.34. The molecule has 0 bridgehead atoms. The average Bonchev–Trinajstić information content (AvgIpc) is 2.72. The van der Waals surface area contributed by atoms with Crippen LogP contribution in [-0.4, -0.2) is 11.8 Å². The number of hydrogen-bond donors (Lipinski definition) is 0. The van der Waals surface area contributed by atoms with Crippen LogP contribution in [0.4, 0.5) is 11.4 Å². The van der Waals surface area contributed by atoms with Crippen LogP contribution in [0.5, 0.6) is 0 Å². The van der Waals surface area contributed by atoms with E-state index in [1.165, 1.54) is 0 Å². The van der Waals surface area contributed by atoms with Crippen LogP contribution in [0.2, 0.25) is 0 Å². The first kappa shape index (κ1) is 37.7. The second-order valence-electron chi connectivity index (χ2n) is 9.34. The molecule has 0 aliphatic carbocycles. The molecule has 0 radical (unpaired) electrons. The van der Waals surface area contributed by atoms with E-state index in [1.54, 1.807) is 0 Å². The molecule has 0 heterocycles. The summed E-state index contributed by atoms with van der Waals surface area (Å²) in [6.45, 7) is 16.3. The van der Waals surface area contributed by atoms with Crippen molar-refractivity contribution in [3.8, 4) is 0 Å². The van der Waals surface area contributed by atoms with E-state index < -0.39 is 11.8 Å². The summed E-state index contributed by atoms with van der Waals surface area (Å²) in [5.41, 5.74) is 4.70. The standard InChI is InChI=1S/C24H32N2O2.2CH3.2ClH.2Ru/c1-15-9-11-17(23(3,4)5)13-19(15)25-21(27)22(28)26-20-14-18(24(6,7)8)12-10-16(20)2;;;;;;/h9-14H,1-8H3,(H2,25,26,27,28);2*1H3;2*1H;;/q;2*-1;;;2*+3/p-4. The molecule has 2 aromatic carbocycles. The fraction of sp³-hybridized carbons (Fsp3) is 0.385. The Labute approximate surface area is 235 Å². The molecule has 2 amide bonds.